The fraction of sp³-hybridized carbons (Fsp3) is 0. The lowest BCUT2D eigenvalue weighted by molar-refractivity contribution is 0.667. The number of nitrogens with zero attached hydrogens (tertiary/aromatic N) is 3. The summed E-state index contributed by atoms with van der Waals surface area (Å²) in [6, 6.07) is 44.7. The van der Waals surface area contributed by atoms with Crippen molar-refractivity contribution >= 4 is 50.7 Å². The lowest BCUT2D eigenvalue weighted by atomic mass is 10.1. The van der Waals surface area contributed by atoms with Crippen molar-refractivity contribution in [2.75, 3.05) is 4.90 Å². The number of para-hydroxylation sites is 3. The Morgan fingerprint density at radius 2 is 1.21 bits per heavy atom. The number of furan rings is 1. The number of halogens is 1. The van der Waals surface area contributed by atoms with Crippen molar-refractivity contribution < 1.29 is 4.42 Å². The summed E-state index contributed by atoms with van der Waals surface area (Å²) in [5.41, 5.74) is 7.86. The van der Waals surface area contributed by atoms with Gasteiger partial charge in [0.2, 0.25) is 0 Å². The van der Waals surface area contributed by atoms with Gasteiger partial charge in [-0.3, -0.25) is 0 Å². The third-order valence-corrected chi connectivity index (χ3v) is 6.94. The van der Waals surface area contributed by atoms with Crippen molar-refractivity contribution in [2.24, 2.45) is 0 Å². The number of anilines is 3. The second-order valence-electron chi connectivity index (χ2n) is 9.24. The molecular formula is C34H22ClN3O. The molecule has 5 heteroatoms. The minimum atomic E-state index is 0.597. The van der Waals surface area contributed by atoms with Gasteiger partial charge in [0.25, 0.3) is 0 Å². The zero-order valence-electron chi connectivity index (χ0n) is 20.8. The molecule has 7 rings (SSSR count). The van der Waals surface area contributed by atoms with Crippen molar-refractivity contribution in [2.45, 2.75) is 0 Å². The monoisotopic (exact) mass is 523 g/mol. The maximum absolute atomic E-state index is 6.36. The molecule has 186 valence electrons. The zero-order chi connectivity index (χ0) is 26.2. The first-order valence-electron chi connectivity index (χ1n) is 12.7. The van der Waals surface area contributed by atoms with Gasteiger partial charge in [-0.05, 0) is 60.7 Å². The van der Waals surface area contributed by atoms with E-state index in [2.05, 4.69) is 77.7 Å². The van der Waals surface area contributed by atoms with E-state index in [4.69, 9.17) is 26.0 Å². The molecule has 0 saturated carbocycles. The zero-order valence-corrected chi connectivity index (χ0v) is 21.6. The third-order valence-electron chi connectivity index (χ3n) is 6.71. The van der Waals surface area contributed by atoms with Crippen LogP contribution in [0.5, 0.6) is 0 Å². The van der Waals surface area contributed by atoms with Gasteiger partial charge < -0.3 is 9.32 Å². The van der Waals surface area contributed by atoms with Crippen molar-refractivity contribution in [1.82, 2.24) is 9.97 Å². The van der Waals surface area contributed by atoms with Crippen LogP contribution in [0.15, 0.2) is 138 Å². The van der Waals surface area contributed by atoms with Gasteiger partial charge in [-0.2, -0.15) is 0 Å². The minimum Gasteiger partial charge on any atom is -0.452 e. The molecule has 0 unspecified atom stereocenters. The normalized spacial score (nSPS) is 11.2. The maximum Gasteiger partial charge on any atom is 0.180 e. The largest absolute Gasteiger partial charge is 0.452 e. The van der Waals surface area contributed by atoms with E-state index >= 15 is 0 Å². The van der Waals surface area contributed by atoms with Crippen LogP contribution in [0.4, 0.5) is 17.1 Å². The van der Waals surface area contributed by atoms with Crippen LogP contribution in [0.2, 0.25) is 5.02 Å². The van der Waals surface area contributed by atoms with Crippen LogP contribution in [0, 0.1) is 0 Å². The average Bonchev–Trinajstić information content (AvgIpc) is 3.37. The number of aromatic nitrogens is 2. The molecule has 2 aromatic heterocycles. The fourth-order valence-electron chi connectivity index (χ4n) is 4.94. The van der Waals surface area contributed by atoms with Crippen LogP contribution >= 0.6 is 11.6 Å². The minimum absolute atomic E-state index is 0.597. The summed E-state index contributed by atoms with van der Waals surface area (Å²) in [6.07, 6.45) is 0. The molecule has 5 aromatic carbocycles. The Kier molecular flexibility index (Phi) is 5.80. The lowest BCUT2D eigenvalue weighted by Gasteiger charge is -2.25. The molecule has 7 aromatic rings. The van der Waals surface area contributed by atoms with E-state index in [1.54, 1.807) is 0 Å². The van der Waals surface area contributed by atoms with E-state index in [1.807, 2.05) is 60.7 Å². The van der Waals surface area contributed by atoms with Gasteiger partial charge in [-0.15, -0.1) is 0 Å². The first-order chi connectivity index (χ1) is 19.2. The van der Waals surface area contributed by atoms with Gasteiger partial charge in [-0.25, -0.2) is 9.97 Å². The van der Waals surface area contributed by atoms with Gasteiger partial charge in [0, 0.05) is 38.6 Å². The molecular weight excluding hydrogens is 502 g/mol. The Bertz CT molecular complexity index is 1890. The van der Waals surface area contributed by atoms with Crippen molar-refractivity contribution in [3.05, 3.63) is 138 Å². The molecule has 0 amide bonds. The summed E-state index contributed by atoms with van der Waals surface area (Å²) >= 11 is 6.34. The summed E-state index contributed by atoms with van der Waals surface area (Å²) in [4.78, 5) is 12.2. The molecule has 0 aliphatic heterocycles. The molecule has 2 heterocycles. The van der Waals surface area contributed by atoms with Crippen molar-refractivity contribution in [1.29, 1.82) is 0 Å². The Morgan fingerprint density at radius 3 is 1.95 bits per heavy atom. The lowest BCUT2D eigenvalue weighted by Crippen LogP contribution is -2.09. The Hall–Kier alpha value is -4.93. The predicted molar refractivity (Wildman–Crippen MR) is 160 cm³/mol. The highest BCUT2D eigenvalue weighted by atomic mass is 35.5. The topological polar surface area (TPSA) is 42.2 Å². The molecule has 0 spiro atoms. The standard InChI is InChI=1S/C34H22ClN3O/c35-25-13-9-12-24(21-25)34-36-31(33-32(37-34)29-19-7-8-20-30(29)39-33)23-11-10-18-28(22-23)38(26-14-3-1-4-15-26)27-16-5-2-6-17-27/h1-22H. The first kappa shape index (κ1) is 23.2. The highest BCUT2D eigenvalue weighted by Crippen LogP contribution is 2.39. The second kappa shape index (κ2) is 9.75. The SMILES string of the molecule is Clc1cccc(-c2nc(-c3cccc(N(c4ccccc4)c4ccccc4)c3)c3oc4ccccc4c3n2)c1. The number of rotatable bonds is 5. The summed E-state index contributed by atoms with van der Waals surface area (Å²) in [7, 11) is 0. The van der Waals surface area contributed by atoms with Crippen LogP contribution in [-0.4, -0.2) is 9.97 Å². The molecule has 0 radical (unpaired) electrons. The number of hydrogen-bond acceptors (Lipinski definition) is 4. The Labute approximate surface area is 230 Å². The molecule has 0 aliphatic carbocycles. The molecule has 4 nitrogen and oxygen atoms in total. The van der Waals surface area contributed by atoms with Crippen LogP contribution in [0.1, 0.15) is 0 Å². The molecule has 0 aliphatic rings. The predicted octanol–water partition coefficient (Wildman–Crippen LogP) is 9.83. The van der Waals surface area contributed by atoms with Gasteiger partial charge >= 0.3 is 0 Å². The summed E-state index contributed by atoms with van der Waals surface area (Å²) in [5.74, 6) is 0.597. The molecule has 39 heavy (non-hydrogen) atoms. The van der Waals surface area contributed by atoms with Crippen molar-refractivity contribution in [3.63, 3.8) is 0 Å². The van der Waals surface area contributed by atoms with Crippen LogP contribution in [0.25, 0.3) is 44.7 Å². The Balaban J connectivity index is 1.46. The molecule has 0 bridgehead atoms. The number of hydrogen-bond donors (Lipinski definition) is 0. The Morgan fingerprint density at radius 1 is 0.564 bits per heavy atom. The molecule has 0 atom stereocenters. The molecule has 0 saturated heterocycles. The number of fused-ring (bicyclic) bond motifs is 3. The van der Waals surface area contributed by atoms with E-state index in [1.165, 1.54) is 0 Å². The maximum atomic E-state index is 6.36. The van der Waals surface area contributed by atoms with Gasteiger partial charge in [0.1, 0.15) is 16.8 Å². The quantitative estimate of drug-likeness (QED) is 0.225. The summed E-state index contributed by atoms with van der Waals surface area (Å²) in [5, 5.41) is 1.59. The highest BCUT2D eigenvalue weighted by molar-refractivity contribution is 6.30. The van der Waals surface area contributed by atoms with Gasteiger partial charge in [0.15, 0.2) is 11.4 Å². The smallest absolute Gasteiger partial charge is 0.180 e. The summed E-state index contributed by atoms with van der Waals surface area (Å²) < 4.78 is 6.36. The second-order valence-corrected chi connectivity index (χ2v) is 9.68. The van der Waals surface area contributed by atoms with Gasteiger partial charge in [0.05, 0.1) is 0 Å². The fourth-order valence-corrected chi connectivity index (χ4v) is 5.13. The molecule has 0 fully saturated rings. The average molecular weight is 524 g/mol. The third kappa shape index (κ3) is 4.31. The van der Waals surface area contributed by atoms with E-state index in [0.29, 0.717) is 16.4 Å². The highest BCUT2D eigenvalue weighted by Gasteiger charge is 2.20. The van der Waals surface area contributed by atoms with E-state index in [0.717, 1.165) is 50.4 Å². The van der Waals surface area contributed by atoms with Crippen LogP contribution < -0.4 is 4.90 Å². The van der Waals surface area contributed by atoms with Crippen LogP contribution in [-0.2, 0) is 0 Å². The van der Waals surface area contributed by atoms with Crippen LogP contribution in [0.3, 0.4) is 0 Å². The van der Waals surface area contributed by atoms with Crippen molar-refractivity contribution in [3.8, 4) is 22.6 Å². The number of benzene rings is 5. The van der Waals surface area contributed by atoms with E-state index in [-0.39, 0.29) is 0 Å². The van der Waals surface area contributed by atoms with E-state index < -0.39 is 0 Å². The molecule has 0 N–H and O–H groups in total. The summed E-state index contributed by atoms with van der Waals surface area (Å²) in [6.45, 7) is 0. The van der Waals surface area contributed by atoms with Gasteiger partial charge in [-0.1, -0.05) is 84.4 Å². The van der Waals surface area contributed by atoms with E-state index in [9.17, 15) is 0 Å². The first-order valence-corrected chi connectivity index (χ1v) is 13.1.